The summed E-state index contributed by atoms with van der Waals surface area (Å²) in [5.74, 6) is 0. The maximum atomic E-state index is 8.67. The van der Waals surface area contributed by atoms with Gasteiger partial charge in [0, 0.05) is 0 Å². The van der Waals surface area contributed by atoms with Crippen LogP contribution in [0.1, 0.15) is 5.56 Å². The lowest BCUT2D eigenvalue weighted by molar-refractivity contribution is 0.342. The van der Waals surface area contributed by atoms with E-state index in [0.717, 1.165) is 6.42 Å². The van der Waals surface area contributed by atoms with Crippen LogP contribution in [0.25, 0.3) is 10.8 Å². The predicted molar refractivity (Wildman–Crippen MR) is 63.9 cm³/mol. The van der Waals surface area contributed by atoms with Crippen molar-refractivity contribution >= 4 is 10.8 Å². The summed E-state index contributed by atoms with van der Waals surface area (Å²) in [6.45, 7) is 0.116. The summed E-state index contributed by atoms with van der Waals surface area (Å²) in [5, 5.41) is 11.2. The maximum absolute atomic E-state index is 8.67. The lowest BCUT2D eigenvalue weighted by Gasteiger charge is -2.03. The molecule has 0 radical (unpaired) electrons. The number of fused-ring (bicyclic) bond motifs is 1. The smallest absolute Gasteiger partial charge is 0.0612 e. The normalized spacial score (nSPS) is 11.3. The van der Waals surface area contributed by atoms with Crippen molar-refractivity contribution in [3.8, 4) is 0 Å². The van der Waals surface area contributed by atoms with Crippen molar-refractivity contribution in [3.05, 3.63) is 60.2 Å². The summed E-state index contributed by atoms with van der Waals surface area (Å²) in [7, 11) is 0. The fourth-order valence-corrected chi connectivity index (χ4v) is 1.76. The molecule has 2 rings (SSSR count). The van der Waals surface area contributed by atoms with E-state index >= 15 is 0 Å². The van der Waals surface area contributed by atoms with Crippen molar-refractivity contribution in [2.75, 3.05) is 6.61 Å². The minimum atomic E-state index is 0.116. The highest BCUT2D eigenvalue weighted by Gasteiger charge is 1.97. The highest BCUT2D eigenvalue weighted by Crippen LogP contribution is 2.18. The van der Waals surface area contributed by atoms with Crippen molar-refractivity contribution in [2.24, 2.45) is 0 Å². The third kappa shape index (κ3) is 2.25. The Morgan fingerprint density at radius 3 is 2.60 bits per heavy atom. The predicted octanol–water partition coefficient (Wildman–Crippen LogP) is 2.93. The molecule has 2 aromatic carbocycles. The Labute approximate surface area is 89.7 Å². The molecule has 0 heterocycles. The van der Waals surface area contributed by atoms with Crippen molar-refractivity contribution < 1.29 is 5.11 Å². The van der Waals surface area contributed by atoms with Crippen molar-refractivity contribution in [1.29, 1.82) is 0 Å². The van der Waals surface area contributed by atoms with Crippen LogP contribution in [0.15, 0.2) is 54.6 Å². The van der Waals surface area contributed by atoms with E-state index in [4.69, 9.17) is 5.11 Å². The van der Waals surface area contributed by atoms with Gasteiger partial charge >= 0.3 is 0 Å². The molecule has 0 unspecified atom stereocenters. The molecule has 0 atom stereocenters. The van der Waals surface area contributed by atoms with Crippen LogP contribution in [0.2, 0.25) is 0 Å². The molecule has 0 amide bonds. The van der Waals surface area contributed by atoms with E-state index in [9.17, 15) is 0 Å². The third-order valence-electron chi connectivity index (χ3n) is 2.49. The Morgan fingerprint density at radius 1 is 0.933 bits per heavy atom. The van der Waals surface area contributed by atoms with Crippen LogP contribution in [0.3, 0.4) is 0 Å². The quantitative estimate of drug-likeness (QED) is 0.752. The molecule has 15 heavy (non-hydrogen) atoms. The molecule has 76 valence electrons. The van der Waals surface area contributed by atoms with Crippen LogP contribution in [0.4, 0.5) is 0 Å². The minimum absolute atomic E-state index is 0.116. The van der Waals surface area contributed by atoms with Gasteiger partial charge in [0.05, 0.1) is 6.61 Å². The van der Waals surface area contributed by atoms with E-state index in [-0.39, 0.29) is 6.61 Å². The molecule has 1 nitrogen and oxygen atoms in total. The van der Waals surface area contributed by atoms with E-state index in [1.165, 1.54) is 16.3 Å². The molecule has 1 N–H and O–H groups in total. The monoisotopic (exact) mass is 198 g/mol. The average Bonchev–Trinajstić information content (AvgIpc) is 2.30. The Kier molecular flexibility index (Phi) is 3.15. The number of rotatable bonds is 3. The molecule has 0 saturated carbocycles. The number of aliphatic hydroxyl groups is 1. The summed E-state index contributed by atoms with van der Waals surface area (Å²) >= 11 is 0. The van der Waals surface area contributed by atoms with E-state index in [1.807, 2.05) is 6.08 Å². The van der Waals surface area contributed by atoms with Gasteiger partial charge in [-0.2, -0.15) is 0 Å². The highest BCUT2D eigenvalue weighted by atomic mass is 16.2. The SMILES string of the molecule is OCC=CCc1cccc2ccccc12. The minimum Gasteiger partial charge on any atom is -0.392 e. The number of aliphatic hydroxyl groups excluding tert-OH is 1. The Bertz CT molecular complexity index is 466. The van der Waals surface area contributed by atoms with Gasteiger partial charge in [-0.1, -0.05) is 54.6 Å². The van der Waals surface area contributed by atoms with E-state index in [2.05, 4.69) is 42.5 Å². The van der Waals surface area contributed by atoms with Crippen LogP contribution in [-0.4, -0.2) is 11.7 Å². The zero-order valence-electron chi connectivity index (χ0n) is 8.56. The topological polar surface area (TPSA) is 20.2 Å². The molecule has 0 spiro atoms. The van der Waals surface area contributed by atoms with Gasteiger partial charge in [0.15, 0.2) is 0 Å². The molecule has 0 fully saturated rings. The van der Waals surface area contributed by atoms with Crippen LogP contribution in [0.5, 0.6) is 0 Å². The van der Waals surface area contributed by atoms with Gasteiger partial charge in [-0.15, -0.1) is 0 Å². The molecule has 0 aliphatic carbocycles. The van der Waals surface area contributed by atoms with Gasteiger partial charge in [0.2, 0.25) is 0 Å². The number of allylic oxidation sites excluding steroid dienone is 1. The van der Waals surface area contributed by atoms with Gasteiger partial charge in [-0.25, -0.2) is 0 Å². The number of hydrogen-bond acceptors (Lipinski definition) is 1. The summed E-state index contributed by atoms with van der Waals surface area (Å²) < 4.78 is 0. The molecule has 0 saturated heterocycles. The van der Waals surface area contributed by atoms with Gasteiger partial charge in [-0.05, 0) is 22.8 Å². The summed E-state index contributed by atoms with van der Waals surface area (Å²) in [4.78, 5) is 0. The van der Waals surface area contributed by atoms with Crippen LogP contribution >= 0.6 is 0 Å². The maximum Gasteiger partial charge on any atom is 0.0612 e. The van der Waals surface area contributed by atoms with Crippen molar-refractivity contribution in [3.63, 3.8) is 0 Å². The highest BCUT2D eigenvalue weighted by molar-refractivity contribution is 5.85. The largest absolute Gasteiger partial charge is 0.392 e. The zero-order valence-corrected chi connectivity index (χ0v) is 8.56. The second-order valence-corrected chi connectivity index (χ2v) is 3.50. The lowest BCUT2D eigenvalue weighted by atomic mass is 10.0. The Balaban J connectivity index is 2.38. The fraction of sp³-hybridized carbons (Fsp3) is 0.143. The first kappa shape index (κ1) is 9.94. The van der Waals surface area contributed by atoms with Gasteiger partial charge in [-0.3, -0.25) is 0 Å². The Morgan fingerprint density at radius 2 is 1.73 bits per heavy atom. The van der Waals surface area contributed by atoms with Gasteiger partial charge in [0.25, 0.3) is 0 Å². The molecular weight excluding hydrogens is 184 g/mol. The third-order valence-corrected chi connectivity index (χ3v) is 2.49. The number of benzene rings is 2. The molecule has 2 aromatic rings. The molecular formula is C14H14O. The van der Waals surface area contributed by atoms with Crippen LogP contribution < -0.4 is 0 Å². The first-order valence-corrected chi connectivity index (χ1v) is 5.14. The van der Waals surface area contributed by atoms with Gasteiger partial charge in [0.1, 0.15) is 0 Å². The molecule has 0 aliphatic rings. The van der Waals surface area contributed by atoms with Crippen LogP contribution in [-0.2, 0) is 6.42 Å². The van der Waals surface area contributed by atoms with Crippen molar-refractivity contribution in [1.82, 2.24) is 0 Å². The zero-order chi connectivity index (χ0) is 10.5. The average molecular weight is 198 g/mol. The summed E-state index contributed by atoms with van der Waals surface area (Å²) in [5.41, 5.74) is 1.30. The van der Waals surface area contributed by atoms with E-state index in [0.29, 0.717) is 0 Å². The molecule has 1 heteroatoms. The lowest BCUT2D eigenvalue weighted by Crippen LogP contribution is -1.84. The standard InChI is InChI=1S/C14H14O/c15-11-4-3-7-13-9-5-8-12-6-1-2-10-14(12)13/h1-6,8-10,15H,7,11H2. The van der Waals surface area contributed by atoms with Crippen molar-refractivity contribution in [2.45, 2.75) is 6.42 Å². The van der Waals surface area contributed by atoms with Crippen LogP contribution in [0, 0.1) is 0 Å². The summed E-state index contributed by atoms with van der Waals surface area (Å²) in [6, 6.07) is 14.7. The molecule has 0 aliphatic heterocycles. The fourth-order valence-electron chi connectivity index (χ4n) is 1.76. The first-order chi connectivity index (χ1) is 7.42. The second kappa shape index (κ2) is 4.76. The Hall–Kier alpha value is -1.60. The summed E-state index contributed by atoms with van der Waals surface area (Å²) in [6.07, 6.45) is 4.66. The second-order valence-electron chi connectivity index (χ2n) is 3.50. The van der Waals surface area contributed by atoms with Gasteiger partial charge < -0.3 is 5.11 Å². The first-order valence-electron chi connectivity index (χ1n) is 5.14. The van der Waals surface area contributed by atoms with E-state index < -0.39 is 0 Å². The molecule has 0 bridgehead atoms. The molecule has 0 aromatic heterocycles. The van der Waals surface area contributed by atoms with E-state index in [1.54, 1.807) is 6.08 Å². The number of hydrogen-bond donors (Lipinski definition) is 1.